The van der Waals surface area contributed by atoms with Crippen LogP contribution in [0.25, 0.3) is 11.0 Å². The summed E-state index contributed by atoms with van der Waals surface area (Å²) in [6.45, 7) is 1.23. The van der Waals surface area contributed by atoms with Gasteiger partial charge in [-0.25, -0.2) is 4.39 Å². The number of ketones is 1. The number of hydrogen-bond donors (Lipinski definition) is 1. The van der Waals surface area contributed by atoms with Gasteiger partial charge in [0.25, 0.3) is 5.91 Å². The molecule has 0 saturated heterocycles. The number of rotatable bonds is 5. The maximum Gasteiger partial charge on any atom is 0.308 e. The van der Waals surface area contributed by atoms with E-state index in [2.05, 4.69) is 5.32 Å². The van der Waals surface area contributed by atoms with Gasteiger partial charge < -0.3 is 14.5 Å². The Hall–Kier alpha value is -4.26. The van der Waals surface area contributed by atoms with E-state index in [9.17, 15) is 18.8 Å². The molecule has 1 aromatic heterocycles. The Kier molecular flexibility index (Phi) is 5.32. The minimum absolute atomic E-state index is 0.0895. The lowest BCUT2D eigenvalue weighted by atomic mass is 10.1. The van der Waals surface area contributed by atoms with E-state index >= 15 is 0 Å². The molecule has 1 heterocycles. The summed E-state index contributed by atoms with van der Waals surface area (Å²) in [5, 5.41) is 3.23. The number of halogens is 1. The summed E-state index contributed by atoms with van der Waals surface area (Å²) >= 11 is 0. The second-order valence-corrected chi connectivity index (χ2v) is 6.68. The highest BCUT2D eigenvalue weighted by Gasteiger charge is 2.25. The number of para-hydroxylation sites is 2. The first kappa shape index (κ1) is 20.0. The van der Waals surface area contributed by atoms with Crippen molar-refractivity contribution >= 4 is 34.3 Å². The number of esters is 1. The van der Waals surface area contributed by atoms with Crippen LogP contribution in [0.1, 0.15) is 33.4 Å². The first-order valence-electron chi connectivity index (χ1n) is 9.34. The van der Waals surface area contributed by atoms with Crippen LogP contribution < -0.4 is 10.1 Å². The zero-order valence-electron chi connectivity index (χ0n) is 16.3. The first-order chi connectivity index (χ1) is 14.9. The minimum Gasteiger partial charge on any atom is -0.450 e. The van der Waals surface area contributed by atoms with Gasteiger partial charge in [-0.1, -0.05) is 24.3 Å². The SMILES string of the molecule is CC(=O)Oc1ccccc1C(=O)Nc1c(C(=O)c2ccc(F)cc2)oc2ccccc12. The van der Waals surface area contributed by atoms with Crippen molar-refractivity contribution in [1.82, 2.24) is 0 Å². The molecule has 7 heteroatoms. The van der Waals surface area contributed by atoms with E-state index in [1.807, 2.05) is 0 Å². The van der Waals surface area contributed by atoms with E-state index in [-0.39, 0.29) is 28.3 Å². The standard InChI is InChI=1S/C24H16FNO5/c1-14(27)30-20-9-5-3-7-18(20)24(29)26-21-17-6-2-4-8-19(17)31-23(21)22(28)15-10-12-16(25)13-11-15/h2-13H,1H3,(H,26,29). The second kappa shape index (κ2) is 8.23. The van der Waals surface area contributed by atoms with Crippen LogP contribution in [0.5, 0.6) is 5.75 Å². The molecule has 0 aliphatic heterocycles. The van der Waals surface area contributed by atoms with Gasteiger partial charge in [0, 0.05) is 17.9 Å². The number of fused-ring (bicyclic) bond motifs is 1. The lowest BCUT2D eigenvalue weighted by Gasteiger charge is -2.10. The van der Waals surface area contributed by atoms with Crippen molar-refractivity contribution in [3.63, 3.8) is 0 Å². The third-order valence-electron chi connectivity index (χ3n) is 4.53. The van der Waals surface area contributed by atoms with E-state index in [0.29, 0.717) is 11.0 Å². The summed E-state index contributed by atoms with van der Waals surface area (Å²) in [7, 11) is 0. The predicted molar refractivity (Wildman–Crippen MR) is 112 cm³/mol. The fraction of sp³-hybridized carbons (Fsp3) is 0.0417. The van der Waals surface area contributed by atoms with E-state index in [1.165, 1.54) is 43.3 Å². The highest BCUT2D eigenvalue weighted by Crippen LogP contribution is 2.33. The molecule has 3 aromatic carbocycles. The molecular weight excluding hydrogens is 401 g/mol. The largest absolute Gasteiger partial charge is 0.450 e. The molecule has 0 fully saturated rings. The van der Waals surface area contributed by atoms with Gasteiger partial charge in [-0.2, -0.15) is 0 Å². The Morgan fingerprint density at radius 1 is 0.903 bits per heavy atom. The molecule has 0 spiro atoms. The molecular formula is C24H16FNO5. The fourth-order valence-corrected chi connectivity index (χ4v) is 3.14. The Balaban J connectivity index is 1.76. The van der Waals surface area contributed by atoms with Gasteiger partial charge in [0.1, 0.15) is 17.1 Å². The summed E-state index contributed by atoms with van der Waals surface area (Å²) in [5.74, 6) is -2.15. The molecule has 0 aliphatic rings. The van der Waals surface area contributed by atoms with Gasteiger partial charge in [0.05, 0.1) is 11.3 Å². The molecule has 31 heavy (non-hydrogen) atoms. The molecule has 4 rings (SSSR count). The summed E-state index contributed by atoms with van der Waals surface area (Å²) in [5.41, 5.74) is 0.892. The van der Waals surface area contributed by atoms with E-state index in [1.54, 1.807) is 36.4 Å². The van der Waals surface area contributed by atoms with Gasteiger partial charge in [-0.3, -0.25) is 14.4 Å². The highest BCUT2D eigenvalue weighted by atomic mass is 19.1. The normalized spacial score (nSPS) is 10.6. The van der Waals surface area contributed by atoms with Crippen molar-refractivity contribution in [2.45, 2.75) is 6.92 Å². The third-order valence-corrected chi connectivity index (χ3v) is 4.53. The molecule has 1 amide bonds. The summed E-state index contributed by atoms with van der Waals surface area (Å²) in [6.07, 6.45) is 0. The number of benzene rings is 3. The number of carbonyl (C=O) groups excluding carboxylic acids is 3. The lowest BCUT2D eigenvalue weighted by Crippen LogP contribution is -2.16. The molecule has 0 bridgehead atoms. The molecule has 4 aromatic rings. The van der Waals surface area contributed by atoms with Gasteiger partial charge in [0.2, 0.25) is 5.78 Å². The number of ether oxygens (including phenoxy) is 1. The van der Waals surface area contributed by atoms with Crippen molar-refractivity contribution in [1.29, 1.82) is 0 Å². The van der Waals surface area contributed by atoms with Gasteiger partial charge in [-0.05, 0) is 48.5 Å². The molecule has 154 valence electrons. The van der Waals surface area contributed by atoms with Crippen LogP contribution >= 0.6 is 0 Å². The van der Waals surface area contributed by atoms with Gasteiger partial charge >= 0.3 is 5.97 Å². The number of amides is 1. The van der Waals surface area contributed by atoms with Crippen LogP contribution in [0, 0.1) is 5.82 Å². The predicted octanol–water partition coefficient (Wildman–Crippen LogP) is 4.98. The smallest absolute Gasteiger partial charge is 0.308 e. The Labute approximate surface area is 176 Å². The van der Waals surface area contributed by atoms with Crippen LogP contribution in [0.2, 0.25) is 0 Å². The lowest BCUT2D eigenvalue weighted by molar-refractivity contribution is -0.131. The van der Waals surface area contributed by atoms with Gasteiger partial charge in [0.15, 0.2) is 5.76 Å². The monoisotopic (exact) mass is 417 g/mol. The number of anilines is 1. The average molecular weight is 417 g/mol. The minimum atomic E-state index is -0.587. The third kappa shape index (κ3) is 4.06. The van der Waals surface area contributed by atoms with Crippen molar-refractivity contribution in [2.75, 3.05) is 5.32 Å². The Morgan fingerprint density at radius 2 is 1.58 bits per heavy atom. The summed E-state index contributed by atoms with van der Waals surface area (Å²) < 4.78 is 24.1. The van der Waals surface area contributed by atoms with Crippen LogP contribution in [0.15, 0.2) is 77.2 Å². The highest BCUT2D eigenvalue weighted by molar-refractivity contribution is 6.19. The van der Waals surface area contributed by atoms with Crippen molar-refractivity contribution in [2.24, 2.45) is 0 Å². The maximum atomic E-state index is 13.3. The fourth-order valence-electron chi connectivity index (χ4n) is 3.14. The maximum absolute atomic E-state index is 13.3. The molecule has 0 unspecified atom stereocenters. The van der Waals surface area contributed by atoms with E-state index in [4.69, 9.17) is 9.15 Å². The molecule has 0 saturated carbocycles. The van der Waals surface area contributed by atoms with Crippen LogP contribution in [-0.2, 0) is 4.79 Å². The van der Waals surface area contributed by atoms with Crippen LogP contribution in [-0.4, -0.2) is 17.7 Å². The number of nitrogens with one attached hydrogen (secondary N) is 1. The topological polar surface area (TPSA) is 85.6 Å². The average Bonchev–Trinajstić information content (AvgIpc) is 3.12. The molecule has 0 atom stereocenters. The van der Waals surface area contributed by atoms with E-state index in [0.717, 1.165) is 0 Å². The quantitative estimate of drug-likeness (QED) is 0.281. The van der Waals surface area contributed by atoms with Crippen molar-refractivity contribution < 1.29 is 27.9 Å². The van der Waals surface area contributed by atoms with E-state index < -0.39 is 23.5 Å². The zero-order chi connectivity index (χ0) is 22.0. The molecule has 1 N–H and O–H groups in total. The number of hydrogen-bond acceptors (Lipinski definition) is 5. The second-order valence-electron chi connectivity index (χ2n) is 6.68. The zero-order valence-corrected chi connectivity index (χ0v) is 16.3. The number of furan rings is 1. The summed E-state index contributed by atoms with van der Waals surface area (Å²) in [4.78, 5) is 37.4. The van der Waals surface area contributed by atoms with Crippen molar-refractivity contribution in [3.05, 3.63) is 95.5 Å². The van der Waals surface area contributed by atoms with Crippen LogP contribution in [0.4, 0.5) is 10.1 Å². The van der Waals surface area contributed by atoms with Crippen LogP contribution in [0.3, 0.4) is 0 Å². The number of carbonyl (C=O) groups is 3. The Morgan fingerprint density at radius 3 is 2.32 bits per heavy atom. The van der Waals surface area contributed by atoms with Gasteiger partial charge in [-0.15, -0.1) is 0 Å². The molecule has 0 aliphatic carbocycles. The molecule has 6 nitrogen and oxygen atoms in total. The first-order valence-corrected chi connectivity index (χ1v) is 9.34. The summed E-state index contributed by atoms with van der Waals surface area (Å²) in [6, 6.07) is 18.1. The van der Waals surface area contributed by atoms with Crippen molar-refractivity contribution in [3.8, 4) is 5.75 Å². The molecule has 0 radical (unpaired) electrons. The Bertz CT molecular complexity index is 1310.